The fourth-order valence-corrected chi connectivity index (χ4v) is 2.41. The van der Waals surface area contributed by atoms with E-state index in [0.717, 1.165) is 30.1 Å². The molecule has 88 valence electrons. The highest BCUT2D eigenvalue weighted by atomic mass is 79.9. The topological polar surface area (TPSA) is 20.9 Å². The number of pyridine rings is 1. The number of nitrogens with zero attached hydrogens (tertiary/aromatic N) is 1. The fraction of sp³-hybridized carbons (Fsp3) is 0.286. The van der Waals surface area contributed by atoms with Crippen molar-refractivity contribution in [3.05, 3.63) is 41.1 Å². The Labute approximate surface area is 109 Å². The van der Waals surface area contributed by atoms with Gasteiger partial charge in [-0.1, -0.05) is 22.0 Å². The van der Waals surface area contributed by atoms with Gasteiger partial charge >= 0.3 is 0 Å². The molecule has 0 unspecified atom stereocenters. The van der Waals surface area contributed by atoms with Crippen LogP contribution >= 0.6 is 15.9 Å². The van der Waals surface area contributed by atoms with E-state index in [9.17, 15) is 4.79 Å². The van der Waals surface area contributed by atoms with Crippen LogP contribution in [0, 0.1) is 0 Å². The molecule has 3 heteroatoms. The van der Waals surface area contributed by atoms with E-state index in [1.165, 1.54) is 10.8 Å². The number of halogens is 1. The maximum absolute atomic E-state index is 10.2. The highest BCUT2D eigenvalue weighted by Crippen LogP contribution is 2.21. The lowest BCUT2D eigenvalue weighted by molar-refractivity contribution is -0.696. The van der Waals surface area contributed by atoms with Gasteiger partial charge in [0.05, 0.1) is 0 Å². The van der Waals surface area contributed by atoms with Gasteiger partial charge in [0.15, 0.2) is 12.4 Å². The van der Waals surface area contributed by atoms with Gasteiger partial charge in [-0.15, -0.1) is 0 Å². The zero-order chi connectivity index (χ0) is 12.1. The summed E-state index contributed by atoms with van der Waals surface area (Å²) >= 11 is 3.55. The number of unbranched alkanes of at least 4 members (excludes halogenated alkanes) is 2. The van der Waals surface area contributed by atoms with Crippen molar-refractivity contribution in [3.8, 4) is 0 Å². The molecule has 0 radical (unpaired) electrons. The van der Waals surface area contributed by atoms with Crippen LogP contribution in [0.1, 0.15) is 19.3 Å². The summed E-state index contributed by atoms with van der Waals surface area (Å²) < 4.78 is 3.31. The lowest BCUT2D eigenvalue weighted by Crippen LogP contribution is -2.32. The molecule has 0 bridgehead atoms. The predicted octanol–water partition coefficient (Wildman–Crippen LogP) is 3.26. The molecule has 2 rings (SSSR count). The van der Waals surface area contributed by atoms with Gasteiger partial charge in [-0.25, -0.2) is 4.57 Å². The van der Waals surface area contributed by atoms with Crippen molar-refractivity contribution in [3.63, 3.8) is 0 Å². The molecule has 0 aliphatic rings. The predicted molar refractivity (Wildman–Crippen MR) is 71.8 cm³/mol. The highest BCUT2D eigenvalue weighted by molar-refractivity contribution is 9.10. The molecule has 0 saturated heterocycles. The van der Waals surface area contributed by atoms with E-state index < -0.39 is 0 Å². The molecule has 1 aromatic carbocycles. The third-order valence-corrected chi connectivity index (χ3v) is 3.50. The van der Waals surface area contributed by atoms with Gasteiger partial charge in [-0.05, 0) is 18.6 Å². The Balaban J connectivity index is 2.12. The standard InChI is InChI=1S/C14H15BrNO/c15-14-6-4-5-12-11-16(9-7-13(12)14)8-2-1-3-10-17/h4-7,9-11H,1-3,8H2/q+1. The van der Waals surface area contributed by atoms with Crippen molar-refractivity contribution in [2.75, 3.05) is 0 Å². The Hall–Kier alpha value is -1.22. The molecule has 1 aromatic heterocycles. The highest BCUT2D eigenvalue weighted by Gasteiger charge is 2.04. The Morgan fingerprint density at radius 1 is 1.24 bits per heavy atom. The Morgan fingerprint density at radius 2 is 2.12 bits per heavy atom. The van der Waals surface area contributed by atoms with Crippen LogP contribution in [0.15, 0.2) is 41.1 Å². The number of carbonyl (C=O) groups is 1. The van der Waals surface area contributed by atoms with E-state index >= 15 is 0 Å². The lowest BCUT2D eigenvalue weighted by atomic mass is 10.2. The normalized spacial score (nSPS) is 10.6. The van der Waals surface area contributed by atoms with Crippen molar-refractivity contribution in [1.29, 1.82) is 0 Å². The molecule has 0 atom stereocenters. The van der Waals surface area contributed by atoms with Crippen LogP contribution in [0.2, 0.25) is 0 Å². The molecule has 0 spiro atoms. The molecular weight excluding hydrogens is 278 g/mol. The first-order valence-corrected chi connectivity index (χ1v) is 6.61. The van der Waals surface area contributed by atoms with Gasteiger partial charge in [0.1, 0.15) is 12.8 Å². The molecular formula is C14H15BrNO+. The van der Waals surface area contributed by atoms with E-state index in [2.05, 4.69) is 51.1 Å². The minimum absolute atomic E-state index is 0.666. The van der Waals surface area contributed by atoms with Crippen molar-refractivity contribution >= 4 is 33.0 Å². The van der Waals surface area contributed by atoms with Crippen LogP contribution in [-0.4, -0.2) is 6.29 Å². The molecule has 0 saturated carbocycles. The van der Waals surface area contributed by atoms with Crippen molar-refractivity contribution < 1.29 is 9.36 Å². The molecule has 17 heavy (non-hydrogen) atoms. The minimum atomic E-state index is 0.666. The second-order valence-corrected chi connectivity index (χ2v) is 4.94. The number of hydrogen-bond acceptors (Lipinski definition) is 1. The second-order valence-electron chi connectivity index (χ2n) is 4.09. The summed E-state index contributed by atoms with van der Waals surface area (Å²) in [6, 6.07) is 8.33. The summed E-state index contributed by atoms with van der Waals surface area (Å²) in [7, 11) is 0. The third-order valence-electron chi connectivity index (χ3n) is 2.81. The number of benzene rings is 1. The monoisotopic (exact) mass is 292 g/mol. The molecule has 0 aliphatic carbocycles. The van der Waals surface area contributed by atoms with Gasteiger partial charge in [0.25, 0.3) is 0 Å². The van der Waals surface area contributed by atoms with Crippen molar-refractivity contribution in [2.24, 2.45) is 0 Å². The number of aldehydes is 1. The number of rotatable bonds is 5. The number of aromatic nitrogens is 1. The van der Waals surface area contributed by atoms with Crippen molar-refractivity contribution in [1.82, 2.24) is 0 Å². The molecule has 0 amide bonds. The van der Waals surface area contributed by atoms with Crippen LogP contribution < -0.4 is 4.57 Å². The first-order valence-electron chi connectivity index (χ1n) is 5.82. The maximum Gasteiger partial charge on any atom is 0.176 e. The van der Waals surface area contributed by atoms with E-state index in [4.69, 9.17) is 0 Å². The summed E-state index contributed by atoms with van der Waals surface area (Å²) in [4.78, 5) is 10.2. The summed E-state index contributed by atoms with van der Waals surface area (Å²) in [5.41, 5.74) is 0. The first kappa shape index (κ1) is 12.2. The summed E-state index contributed by atoms with van der Waals surface area (Å²) in [6.07, 6.45) is 7.91. The Morgan fingerprint density at radius 3 is 2.94 bits per heavy atom. The minimum Gasteiger partial charge on any atom is -0.303 e. The summed E-state index contributed by atoms with van der Waals surface area (Å²) in [5.74, 6) is 0. The average molecular weight is 293 g/mol. The van der Waals surface area contributed by atoms with Gasteiger partial charge in [-0.2, -0.15) is 0 Å². The Bertz CT molecular complexity index is 525. The first-order chi connectivity index (χ1) is 8.31. The van der Waals surface area contributed by atoms with Gasteiger partial charge in [0.2, 0.25) is 0 Å². The van der Waals surface area contributed by atoms with Gasteiger partial charge in [-0.3, -0.25) is 0 Å². The number of carbonyl (C=O) groups excluding carboxylic acids is 1. The smallest absolute Gasteiger partial charge is 0.176 e. The zero-order valence-electron chi connectivity index (χ0n) is 9.60. The number of hydrogen-bond donors (Lipinski definition) is 0. The molecule has 1 heterocycles. The van der Waals surface area contributed by atoms with E-state index in [0.29, 0.717) is 6.42 Å². The largest absolute Gasteiger partial charge is 0.303 e. The van der Waals surface area contributed by atoms with E-state index in [1.807, 2.05) is 6.07 Å². The summed E-state index contributed by atoms with van der Waals surface area (Å²) in [6.45, 7) is 0.969. The SMILES string of the molecule is O=CCCCC[n+]1ccc2c(Br)cccc2c1. The third kappa shape index (κ3) is 3.13. The molecule has 2 aromatic rings. The van der Waals surface area contributed by atoms with Crippen LogP contribution in [-0.2, 0) is 11.3 Å². The zero-order valence-corrected chi connectivity index (χ0v) is 11.2. The fourth-order valence-electron chi connectivity index (χ4n) is 1.90. The van der Waals surface area contributed by atoms with Gasteiger partial charge in [0, 0.05) is 34.2 Å². The van der Waals surface area contributed by atoms with E-state index in [-0.39, 0.29) is 0 Å². The van der Waals surface area contributed by atoms with Crippen LogP contribution in [0.5, 0.6) is 0 Å². The summed E-state index contributed by atoms with van der Waals surface area (Å²) in [5, 5.41) is 2.47. The van der Waals surface area contributed by atoms with Crippen molar-refractivity contribution in [2.45, 2.75) is 25.8 Å². The number of aryl methyl sites for hydroxylation is 1. The Kier molecular flexibility index (Phi) is 4.26. The maximum atomic E-state index is 10.2. The molecule has 2 nitrogen and oxygen atoms in total. The molecule has 0 fully saturated rings. The quantitative estimate of drug-likeness (QED) is 0.471. The van der Waals surface area contributed by atoms with E-state index in [1.54, 1.807) is 0 Å². The van der Waals surface area contributed by atoms with Gasteiger partial charge < -0.3 is 4.79 Å². The lowest BCUT2D eigenvalue weighted by Gasteiger charge is -2.00. The molecule has 0 aliphatic heterocycles. The molecule has 0 N–H and O–H groups in total. The second kappa shape index (κ2) is 5.92. The van der Waals surface area contributed by atoms with Crippen LogP contribution in [0.4, 0.5) is 0 Å². The number of fused-ring (bicyclic) bond motifs is 1. The van der Waals surface area contributed by atoms with Crippen LogP contribution in [0.3, 0.4) is 0 Å². The van der Waals surface area contributed by atoms with Crippen LogP contribution in [0.25, 0.3) is 10.8 Å². The average Bonchev–Trinajstić information content (AvgIpc) is 2.35.